The van der Waals surface area contributed by atoms with Gasteiger partial charge in [0.2, 0.25) is 5.91 Å². The van der Waals surface area contributed by atoms with Gasteiger partial charge in [-0.15, -0.1) is 0 Å². The van der Waals surface area contributed by atoms with Crippen LogP contribution in [0, 0.1) is 0 Å². The molecule has 1 aliphatic rings. The Morgan fingerprint density at radius 1 is 0.935 bits per heavy atom. The maximum Gasteiger partial charge on any atom is 0.265 e. The third kappa shape index (κ3) is 3.27. The van der Waals surface area contributed by atoms with Gasteiger partial charge in [0.1, 0.15) is 5.82 Å². The summed E-state index contributed by atoms with van der Waals surface area (Å²) in [5.74, 6) is 0.261. The summed E-state index contributed by atoms with van der Waals surface area (Å²) in [6.07, 6.45) is 0.350. The third-order valence-corrected chi connectivity index (χ3v) is 6.33. The van der Waals surface area contributed by atoms with Gasteiger partial charge in [0.15, 0.2) is 0 Å². The number of carbonyl (C=O) groups excluding carboxylic acids is 1. The Morgan fingerprint density at radius 3 is 2.42 bits per heavy atom. The van der Waals surface area contributed by atoms with Crippen molar-refractivity contribution >= 4 is 38.4 Å². The maximum atomic E-state index is 13.5. The molecule has 1 atom stereocenters. The molecule has 154 valence electrons. The normalized spacial score (nSPS) is 15.5. The molecule has 0 spiro atoms. The van der Waals surface area contributed by atoms with Crippen molar-refractivity contribution in [3.05, 3.63) is 99.0 Å². The highest BCUT2D eigenvalue weighted by Gasteiger charge is 2.37. The fraction of sp³-hybridized carbons (Fsp3) is 0.160. The lowest BCUT2D eigenvalue weighted by atomic mass is 9.96. The van der Waals surface area contributed by atoms with E-state index in [2.05, 4.69) is 15.9 Å². The van der Waals surface area contributed by atoms with Crippen LogP contribution < -0.4 is 10.5 Å². The Balaban J connectivity index is 1.70. The summed E-state index contributed by atoms with van der Waals surface area (Å²) in [6, 6.07) is 22.8. The molecule has 5 rings (SSSR count). The van der Waals surface area contributed by atoms with Crippen molar-refractivity contribution in [3.63, 3.8) is 0 Å². The van der Waals surface area contributed by atoms with Gasteiger partial charge in [-0.25, -0.2) is 4.98 Å². The minimum Gasteiger partial charge on any atom is -0.312 e. The second-order valence-electron chi connectivity index (χ2n) is 7.56. The molecule has 31 heavy (non-hydrogen) atoms. The van der Waals surface area contributed by atoms with Crippen molar-refractivity contribution in [2.24, 2.45) is 0 Å². The fourth-order valence-electron chi connectivity index (χ4n) is 4.35. The molecule has 1 unspecified atom stereocenters. The summed E-state index contributed by atoms with van der Waals surface area (Å²) in [6.45, 7) is 2.58. The minimum absolute atomic E-state index is 0.0495. The first-order valence-corrected chi connectivity index (χ1v) is 11.0. The van der Waals surface area contributed by atoms with Crippen LogP contribution in [0.3, 0.4) is 0 Å². The van der Waals surface area contributed by atoms with Gasteiger partial charge < -0.3 is 4.90 Å². The monoisotopic (exact) mass is 473 g/mol. The molecule has 6 heteroatoms. The molecular weight excluding hydrogens is 454 g/mol. The van der Waals surface area contributed by atoms with Crippen LogP contribution in [0.5, 0.6) is 0 Å². The van der Waals surface area contributed by atoms with Crippen LogP contribution in [0.1, 0.15) is 24.2 Å². The first-order chi connectivity index (χ1) is 15.1. The Kier molecular flexibility index (Phi) is 4.94. The van der Waals surface area contributed by atoms with E-state index in [4.69, 9.17) is 4.98 Å². The molecule has 0 fully saturated rings. The molecule has 0 saturated heterocycles. The van der Waals surface area contributed by atoms with Crippen molar-refractivity contribution in [2.45, 2.75) is 19.3 Å². The number of benzene rings is 3. The molecule has 0 aliphatic carbocycles. The lowest BCUT2D eigenvalue weighted by Crippen LogP contribution is -2.31. The highest BCUT2D eigenvalue weighted by atomic mass is 79.9. The SMILES string of the molecule is CCN1C(=O)C(Cc2nc3ccccc3c(=O)n2-c2ccc(Br)cc2)c2ccccc21. The number of fused-ring (bicyclic) bond motifs is 2. The number of likely N-dealkylation sites (N-methyl/N-ethyl adjacent to an activating group) is 1. The van der Waals surface area contributed by atoms with E-state index in [0.29, 0.717) is 29.7 Å². The number of para-hydroxylation sites is 2. The van der Waals surface area contributed by atoms with Gasteiger partial charge >= 0.3 is 0 Å². The molecule has 4 aromatic rings. The van der Waals surface area contributed by atoms with Gasteiger partial charge in [-0.05, 0) is 55.0 Å². The Bertz CT molecular complexity index is 1360. The van der Waals surface area contributed by atoms with Crippen molar-refractivity contribution in [1.29, 1.82) is 0 Å². The molecule has 0 radical (unpaired) electrons. The summed E-state index contributed by atoms with van der Waals surface area (Å²) >= 11 is 3.45. The van der Waals surface area contributed by atoms with Crippen molar-refractivity contribution in [2.75, 3.05) is 11.4 Å². The van der Waals surface area contributed by atoms with Crippen LogP contribution in [0.15, 0.2) is 82.1 Å². The second kappa shape index (κ2) is 7.78. The molecule has 3 aromatic carbocycles. The molecule has 0 bridgehead atoms. The van der Waals surface area contributed by atoms with Crippen LogP contribution in [0.25, 0.3) is 16.6 Å². The fourth-order valence-corrected chi connectivity index (χ4v) is 4.61. The summed E-state index contributed by atoms with van der Waals surface area (Å²) in [5, 5.41) is 0.558. The second-order valence-corrected chi connectivity index (χ2v) is 8.48. The number of amides is 1. The molecule has 0 N–H and O–H groups in total. The first kappa shape index (κ1) is 19.7. The quantitative estimate of drug-likeness (QED) is 0.426. The van der Waals surface area contributed by atoms with Crippen molar-refractivity contribution < 1.29 is 4.79 Å². The van der Waals surface area contributed by atoms with E-state index in [0.717, 1.165) is 21.4 Å². The zero-order valence-electron chi connectivity index (χ0n) is 17.0. The lowest BCUT2D eigenvalue weighted by molar-refractivity contribution is -0.119. The Hall–Kier alpha value is -3.25. The van der Waals surface area contributed by atoms with E-state index in [1.807, 2.05) is 78.6 Å². The zero-order valence-corrected chi connectivity index (χ0v) is 18.5. The van der Waals surface area contributed by atoms with E-state index in [1.54, 1.807) is 10.6 Å². The average molecular weight is 474 g/mol. The van der Waals surface area contributed by atoms with Crippen LogP contribution in [0.4, 0.5) is 5.69 Å². The van der Waals surface area contributed by atoms with Crippen molar-refractivity contribution in [1.82, 2.24) is 9.55 Å². The highest BCUT2D eigenvalue weighted by Crippen LogP contribution is 2.38. The summed E-state index contributed by atoms with van der Waals surface area (Å²) in [5.41, 5.74) is 3.17. The van der Waals surface area contributed by atoms with Crippen LogP contribution in [0.2, 0.25) is 0 Å². The predicted molar refractivity (Wildman–Crippen MR) is 126 cm³/mol. The summed E-state index contributed by atoms with van der Waals surface area (Å²) < 4.78 is 2.57. The topological polar surface area (TPSA) is 55.2 Å². The van der Waals surface area contributed by atoms with E-state index >= 15 is 0 Å². The van der Waals surface area contributed by atoms with E-state index in [9.17, 15) is 9.59 Å². The number of hydrogen-bond donors (Lipinski definition) is 0. The smallest absolute Gasteiger partial charge is 0.265 e. The van der Waals surface area contributed by atoms with Gasteiger partial charge in [0.05, 0.1) is 22.5 Å². The number of nitrogens with zero attached hydrogens (tertiary/aromatic N) is 3. The van der Waals surface area contributed by atoms with Gasteiger partial charge in [0.25, 0.3) is 5.56 Å². The van der Waals surface area contributed by atoms with Crippen LogP contribution in [-0.2, 0) is 11.2 Å². The zero-order chi connectivity index (χ0) is 21.5. The standard InChI is InChI=1S/C25H20BrN3O2/c1-2-28-22-10-6-4-7-18(22)20(24(28)30)15-23-27-21-9-5-3-8-19(21)25(31)29(23)17-13-11-16(26)12-14-17/h3-14,20H,2,15H2,1H3. The molecular formula is C25H20BrN3O2. The number of halogens is 1. The van der Waals surface area contributed by atoms with Gasteiger partial charge in [-0.3, -0.25) is 14.2 Å². The van der Waals surface area contributed by atoms with Gasteiger partial charge in [0, 0.05) is 23.1 Å². The molecule has 2 heterocycles. The number of aromatic nitrogens is 2. The Labute approximate surface area is 188 Å². The van der Waals surface area contributed by atoms with Crippen molar-refractivity contribution in [3.8, 4) is 5.69 Å². The molecule has 1 amide bonds. The number of rotatable bonds is 4. The number of anilines is 1. The predicted octanol–water partition coefficient (Wildman–Crippen LogP) is 4.84. The largest absolute Gasteiger partial charge is 0.312 e. The summed E-state index contributed by atoms with van der Waals surface area (Å²) in [4.78, 5) is 33.4. The molecule has 1 aromatic heterocycles. The number of hydrogen-bond acceptors (Lipinski definition) is 3. The third-order valence-electron chi connectivity index (χ3n) is 5.80. The lowest BCUT2D eigenvalue weighted by Gasteiger charge is -2.17. The highest BCUT2D eigenvalue weighted by molar-refractivity contribution is 9.10. The average Bonchev–Trinajstić information content (AvgIpc) is 3.06. The van der Waals surface area contributed by atoms with E-state index in [1.165, 1.54) is 0 Å². The molecule has 1 aliphatic heterocycles. The van der Waals surface area contributed by atoms with Gasteiger partial charge in [-0.2, -0.15) is 0 Å². The van der Waals surface area contributed by atoms with E-state index in [-0.39, 0.29) is 17.4 Å². The van der Waals surface area contributed by atoms with Crippen LogP contribution >= 0.6 is 15.9 Å². The maximum absolute atomic E-state index is 13.5. The van der Waals surface area contributed by atoms with Crippen LogP contribution in [-0.4, -0.2) is 22.0 Å². The first-order valence-electron chi connectivity index (χ1n) is 10.3. The molecule has 0 saturated carbocycles. The molecule has 5 nitrogen and oxygen atoms in total. The number of carbonyl (C=O) groups is 1. The minimum atomic E-state index is -0.370. The Morgan fingerprint density at radius 2 is 1.65 bits per heavy atom. The van der Waals surface area contributed by atoms with Gasteiger partial charge in [-0.1, -0.05) is 46.3 Å². The van der Waals surface area contributed by atoms with E-state index < -0.39 is 0 Å². The summed E-state index contributed by atoms with van der Waals surface area (Å²) in [7, 11) is 0.